The molecule has 0 aromatic heterocycles. The third-order valence-electron chi connectivity index (χ3n) is 3.94. The normalized spacial score (nSPS) is 10.8. The molecule has 20 heavy (non-hydrogen) atoms. The van der Waals surface area contributed by atoms with E-state index in [9.17, 15) is 4.39 Å². The zero-order valence-electron chi connectivity index (χ0n) is 12.7. The lowest BCUT2D eigenvalue weighted by Crippen LogP contribution is -1.98. The first-order valence-electron chi connectivity index (χ1n) is 7.44. The molecule has 0 N–H and O–H groups in total. The van der Waals surface area contributed by atoms with Crippen molar-refractivity contribution in [2.24, 2.45) is 0 Å². The van der Waals surface area contributed by atoms with Gasteiger partial charge in [0.1, 0.15) is 5.82 Å². The standard InChI is InChI=1S/C19H23F/c1-4-5-16-7-9-17(10-8-16)11-13-18-12-6-14(2)19(20)15(18)3/h6-10,12H,4-5,11,13H2,1-3H3. The Morgan fingerprint density at radius 3 is 2.00 bits per heavy atom. The largest absolute Gasteiger partial charge is 0.206 e. The summed E-state index contributed by atoms with van der Waals surface area (Å²) in [5.41, 5.74) is 5.37. The van der Waals surface area contributed by atoms with Crippen LogP contribution in [0, 0.1) is 19.7 Å². The number of hydrogen-bond acceptors (Lipinski definition) is 0. The summed E-state index contributed by atoms with van der Waals surface area (Å²) in [6.45, 7) is 5.89. The Kier molecular flexibility index (Phi) is 4.94. The van der Waals surface area contributed by atoms with E-state index in [1.54, 1.807) is 0 Å². The highest BCUT2D eigenvalue weighted by Crippen LogP contribution is 2.18. The van der Waals surface area contributed by atoms with Crippen LogP contribution >= 0.6 is 0 Å². The van der Waals surface area contributed by atoms with E-state index in [0.29, 0.717) is 0 Å². The fraction of sp³-hybridized carbons (Fsp3) is 0.368. The molecule has 0 bridgehead atoms. The maximum atomic E-state index is 13.9. The lowest BCUT2D eigenvalue weighted by Gasteiger charge is -2.09. The fourth-order valence-electron chi connectivity index (χ4n) is 2.57. The number of benzene rings is 2. The second kappa shape index (κ2) is 6.69. The molecule has 0 unspecified atom stereocenters. The highest BCUT2D eigenvalue weighted by molar-refractivity contribution is 5.33. The second-order valence-electron chi connectivity index (χ2n) is 5.55. The van der Waals surface area contributed by atoms with Crippen molar-refractivity contribution in [1.29, 1.82) is 0 Å². The van der Waals surface area contributed by atoms with E-state index in [1.165, 1.54) is 17.5 Å². The van der Waals surface area contributed by atoms with Gasteiger partial charge < -0.3 is 0 Å². The van der Waals surface area contributed by atoms with E-state index >= 15 is 0 Å². The Morgan fingerprint density at radius 2 is 1.40 bits per heavy atom. The molecular formula is C19H23F. The molecule has 0 nitrogen and oxygen atoms in total. The van der Waals surface area contributed by atoms with E-state index in [2.05, 4.69) is 37.3 Å². The van der Waals surface area contributed by atoms with Crippen LogP contribution in [0.25, 0.3) is 0 Å². The molecule has 0 amide bonds. The highest BCUT2D eigenvalue weighted by atomic mass is 19.1. The van der Waals surface area contributed by atoms with Crippen LogP contribution in [0.5, 0.6) is 0 Å². The first-order valence-corrected chi connectivity index (χ1v) is 7.44. The Morgan fingerprint density at radius 1 is 0.800 bits per heavy atom. The summed E-state index contributed by atoms with van der Waals surface area (Å²) in [5.74, 6) is -0.0548. The molecule has 0 fully saturated rings. The first-order chi connectivity index (χ1) is 9.61. The third-order valence-corrected chi connectivity index (χ3v) is 3.94. The minimum atomic E-state index is -0.0548. The zero-order valence-corrected chi connectivity index (χ0v) is 12.7. The van der Waals surface area contributed by atoms with Gasteiger partial charge in [0, 0.05) is 0 Å². The maximum absolute atomic E-state index is 13.9. The van der Waals surface area contributed by atoms with Crippen molar-refractivity contribution in [3.05, 3.63) is 70.0 Å². The van der Waals surface area contributed by atoms with Gasteiger partial charge in [-0.05, 0) is 60.9 Å². The van der Waals surface area contributed by atoms with Crippen LogP contribution in [0.3, 0.4) is 0 Å². The van der Waals surface area contributed by atoms with Crippen LogP contribution in [-0.2, 0) is 19.3 Å². The van der Waals surface area contributed by atoms with Crippen LogP contribution in [0.15, 0.2) is 36.4 Å². The second-order valence-corrected chi connectivity index (χ2v) is 5.55. The average Bonchev–Trinajstić information content (AvgIpc) is 2.46. The Hall–Kier alpha value is -1.63. The summed E-state index contributed by atoms with van der Waals surface area (Å²) in [5, 5.41) is 0. The molecular weight excluding hydrogens is 247 g/mol. The molecule has 0 saturated carbocycles. The fourth-order valence-corrected chi connectivity index (χ4v) is 2.57. The monoisotopic (exact) mass is 270 g/mol. The summed E-state index contributed by atoms with van der Waals surface area (Å²) in [7, 11) is 0. The number of hydrogen-bond donors (Lipinski definition) is 0. The van der Waals surface area contributed by atoms with Gasteiger partial charge in [-0.15, -0.1) is 0 Å². The number of rotatable bonds is 5. The highest BCUT2D eigenvalue weighted by Gasteiger charge is 2.07. The summed E-state index contributed by atoms with van der Waals surface area (Å²) < 4.78 is 13.9. The molecule has 0 aliphatic carbocycles. The van der Waals surface area contributed by atoms with Gasteiger partial charge in [0.15, 0.2) is 0 Å². The van der Waals surface area contributed by atoms with Crippen molar-refractivity contribution in [2.75, 3.05) is 0 Å². The van der Waals surface area contributed by atoms with Gasteiger partial charge in [-0.3, -0.25) is 0 Å². The van der Waals surface area contributed by atoms with Crippen molar-refractivity contribution in [2.45, 2.75) is 46.5 Å². The molecule has 0 radical (unpaired) electrons. The van der Waals surface area contributed by atoms with Gasteiger partial charge in [-0.1, -0.05) is 49.7 Å². The van der Waals surface area contributed by atoms with Crippen LogP contribution in [0.1, 0.15) is 41.2 Å². The molecule has 2 aromatic carbocycles. The molecule has 0 saturated heterocycles. The Balaban J connectivity index is 2.03. The molecule has 0 heterocycles. The first kappa shape index (κ1) is 14.8. The molecule has 2 rings (SSSR count). The van der Waals surface area contributed by atoms with Gasteiger partial charge in [-0.25, -0.2) is 4.39 Å². The van der Waals surface area contributed by atoms with Gasteiger partial charge >= 0.3 is 0 Å². The van der Waals surface area contributed by atoms with Crippen molar-refractivity contribution < 1.29 is 4.39 Å². The summed E-state index contributed by atoms with van der Waals surface area (Å²) >= 11 is 0. The van der Waals surface area contributed by atoms with Crippen molar-refractivity contribution in [3.63, 3.8) is 0 Å². The third kappa shape index (κ3) is 3.47. The van der Waals surface area contributed by atoms with E-state index in [1.807, 2.05) is 19.9 Å². The van der Waals surface area contributed by atoms with Gasteiger partial charge in [-0.2, -0.15) is 0 Å². The topological polar surface area (TPSA) is 0 Å². The van der Waals surface area contributed by atoms with E-state index in [0.717, 1.165) is 36.0 Å². The zero-order chi connectivity index (χ0) is 14.5. The Labute approximate surface area is 121 Å². The van der Waals surface area contributed by atoms with Crippen LogP contribution in [0.2, 0.25) is 0 Å². The lowest BCUT2D eigenvalue weighted by atomic mass is 9.97. The molecule has 0 aliphatic heterocycles. The molecule has 106 valence electrons. The van der Waals surface area contributed by atoms with Gasteiger partial charge in [0.2, 0.25) is 0 Å². The molecule has 1 heteroatoms. The van der Waals surface area contributed by atoms with Crippen molar-refractivity contribution in [3.8, 4) is 0 Å². The molecule has 0 aliphatic rings. The van der Waals surface area contributed by atoms with E-state index in [4.69, 9.17) is 0 Å². The van der Waals surface area contributed by atoms with Crippen molar-refractivity contribution in [1.82, 2.24) is 0 Å². The van der Waals surface area contributed by atoms with E-state index < -0.39 is 0 Å². The van der Waals surface area contributed by atoms with Crippen LogP contribution in [0.4, 0.5) is 4.39 Å². The van der Waals surface area contributed by atoms with Gasteiger partial charge in [0.25, 0.3) is 0 Å². The summed E-state index contributed by atoms with van der Waals surface area (Å²) in [6, 6.07) is 12.7. The number of halogens is 1. The predicted octanol–water partition coefficient (Wildman–Crippen LogP) is 5.18. The maximum Gasteiger partial charge on any atom is 0.129 e. The summed E-state index contributed by atoms with van der Waals surface area (Å²) in [6.07, 6.45) is 4.19. The molecule has 2 aromatic rings. The Bertz CT molecular complexity index is 567. The number of aryl methyl sites for hydroxylation is 4. The predicted molar refractivity (Wildman–Crippen MR) is 83.7 cm³/mol. The molecule has 0 atom stereocenters. The average molecular weight is 270 g/mol. The quantitative estimate of drug-likeness (QED) is 0.702. The minimum absolute atomic E-state index is 0.0548. The van der Waals surface area contributed by atoms with E-state index in [-0.39, 0.29) is 5.82 Å². The van der Waals surface area contributed by atoms with Crippen LogP contribution < -0.4 is 0 Å². The lowest BCUT2D eigenvalue weighted by molar-refractivity contribution is 0.605. The van der Waals surface area contributed by atoms with Crippen LogP contribution in [-0.4, -0.2) is 0 Å². The molecule has 0 spiro atoms. The van der Waals surface area contributed by atoms with Gasteiger partial charge in [0.05, 0.1) is 0 Å². The SMILES string of the molecule is CCCc1ccc(CCc2ccc(C)c(F)c2C)cc1. The minimum Gasteiger partial charge on any atom is -0.206 e. The summed E-state index contributed by atoms with van der Waals surface area (Å²) in [4.78, 5) is 0. The van der Waals surface area contributed by atoms with Crippen molar-refractivity contribution >= 4 is 0 Å². The smallest absolute Gasteiger partial charge is 0.129 e.